The maximum absolute atomic E-state index is 12.7. The lowest BCUT2D eigenvalue weighted by molar-refractivity contribution is 0.0344. The van der Waals surface area contributed by atoms with Crippen LogP contribution in [0.2, 0.25) is 0 Å². The van der Waals surface area contributed by atoms with Gasteiger partial charge in [0.1, 0.15) is 0 Å². The zero-order valence-electron chi connectivity index (χ0n) is 21.9. The van der Waals surface area contributed by atoms with Crippen LogP contribution in [0, 0.1) is 12.8 Å². The zero-order valence-corrected chi connectivity index (χ0v) is 21.9. The van der Waals surface area contributed by atoms with E-state index in [4.69, 9.17) is 14.8 Å². The Hall–Kier alpha value is -3.55. The molecular formula is C30H34N4O3. The number of Topliss-reactive ketones (excluding diaryl/α,β-unsaturated/α-hetero) is 1. The van der Waals surface area contributed by atoms with E-state index in [1.807, 2.05) is 80.0 Å². The van der Waals surface area contributed by atoms with Gasteiger partial charge in [-0.15, -0.1) is 0 Å². The second kappa shape index (κ2) is 10.1. The van der Waals surface area contributed by atoms with Crippen LogP contribution in [0.25, 0.3) is 28.2 Å². The van der Waals surface area contributed by atoms with Crippen molar-refractivity contribution in [2.75, 3.05) is 19.0 Å². The van der Waals surface area contributed by atoms with Gasteiger partial charge in [-0.05, 0) is 62.8 Å². The summed E-state index contributed by atoms with van der Waals surface area (Å²) in [5.41, 5.74) is 7.04. The molecular weight excluding hydrogens is 464 g/mol. The lowest BCUT2D eigenvalue weighted by Crippen LogP contribution is -2.32. The van der Waals surface area contributed by atoms with Crippen molar-refractivity contribution in [3.63, 3.8) is 0 Å². The number of carbonyl (C=O) groups excluding carboxylic acids is 1. The van der Waals surface area contributed by atoms with Crippen LogP contribution in [0.4, 0.5) is 5.69 Å². The quantitative estimate of drug-likeness (QED) is 0.273. The van der Waals surface area contributed by atoms with Crippen molar-refractivity contribution in [1.82, 2.24) is 14.6 Å². The summed E-state index contributed by atoms with van der Waals surface area (Å²) in [6.07, 6.45) is 4.78. The molecule has 1 saturated carbocycles. The normalized spacial score (nSPS) is 13.8. The number of imidazole rings is 1. The summed E-state index contributed by atoms with van der Waals surface area (Å²) in [6.45, 7) is 6.52. The number of rotatable bonds is 10. The number of hydrogen-bond donors (Lipinski definition) is 2. The van der Waals surface area contributed by atoms with Gasteiger partial charge >= 0.3 is 0 Å². The van der Waals surface area contributed by atoms with Crippen molar-refractivity contribution in [2.24, 2.45) is 5.92 Å². The molecule has 0 spiro atoms. The van der Waals surface area contributed by atoms with Gasteiger partial charge in [0.15, 0.2) is 11.4 Å². The summed E-state index contributed by atoms with van der Waals surface area (Å²) in [4.78, 5) is 17.5. The number of nitrogens with zero attached hydrogens (tertiary/aromatic N) is 3. The van der Waals surface area contributed by atoms with Crippen LogP contribution in [0.3, 0.4) is 0 Å². The Bertz CT molecular complexity index is 1450. The average molecular weight is 499 g/mol. The second-order valence-electron chi connectivity index (χ2n) is 10.6. The maximum atomic E-state index is 12.7. The van der Waals surface area contributed by atoms with Gasteiger partial charge in [-0.25, -0.2) is 9.50 Å². The van der Waals surface area contributed by atoms with Crippen molar-refractivity contribution < 1.29 is 14.6 Å². The fourth-order valence-electron chi connectivity index (χ4n) is 4.55. The molecule has 4 aromatic rings. The molecule has 2 aromatic heterocycles. The molecule has 5 rings (SSSR count). The number of ether oxygens (including phenoxy) is 1. The number of aliphatic hydroxyl groups excluding tert-OH is 1. The third kappa shape index (κ3) is 5.29. The molecule has 0 aliphatic heterocycles. The summed E-state index contributed by atoms with van der Waals surface area (Å²) in [6, 6.07) is 15.6. The molecule has 7 nitrogen and oxygen atoms in total. The van der Waals surface area contributed by atoms with Gasteiger partial charge in [0, 0.05) is 36.8 Å². The Kier molecular flexibility index (Phi) is 6.84. The van der Waals surface area contributed by atoms with Crippen LogP contribution in [-0.2, 0) is 11.3 Å². The van der Waals surface area contributed by atoms with E-state index >= 15 is 0 Å². The number of methoxy groups -OCH3 is 1. The third-order valence-electron chi connectivity index (χ3n) is 7.18. The molecule has 0 radical (unpaired) electrons. The van der Waals surface area contributed by atoms with Crippen LogP contribution >= 0.6 is 0 Å². The van der Waals surface area contributed by atoms with Gasteiger partial charge in [0.25, 0.3) is 0 Å². The molecule has 7 heteroatoms. The van der Waals surface area contributed by atoms with Crippen LogP contribution in [0.5, 0.6) is 0 Å². The van der Waals surface area contributed by atoms with Crippen molar-refractivity contribution in [1.29, 1.82) is 0 Å². The number of carbonyl (C=O) groups is 1. The van der Waals surface area contributed by atoms with Crippen LogP contribution < -0.4 is 5.32 Å². The molecule has 1 aliphatic carbocycles. The minimum Gasteiger partial charge on any atom is -0.392 e. The van der Waals surface area contributed by atoms with E-state index in [0.717, 1.165) is 57.7 Å². The predicted molar refractivity (Wildman–Crippen MR) is 146 cm³/mol. The SMILES string of the molecule is COC(C)(C)CNc1cc(-c2ccccc2CO)nn2c(-c3ccc(C(=O)CC4CC4)c(C)c3)cnc12. The molecule has 1 fully saturated rings. The topological polar surface area (TPSA) is 88.7 Å². The number of fused-ring (bicyclic) bond motifs is 1. The summed E-state index contributed by atoms with van der Waals surface area (Å²) < 4.78 is 7.44. The molecule has 2 N–H and O–H groups in total. The summed E-state index contributed by atoms with van der Waals surface area (Å²) in [5, 5.41) is 18.4. The van der Waals surface area contributed by atoms with E-state index in [9.17, 15) is 9.90 Å². The van der Waals surface area contributed by atoms with Gasteiger partial charge in [-0.2, -0.15) is 5.10 Å². The smallest absolute Gasteiger partial charge is 0.177 e. The summed E-state index contributed by atoms with van der Waals surface area (Å²) in [7, 11) is 1.70. The zero-order chi connectivity index (χ0) is 26.2. The lowest BCUT2D eigenvalue weighted by atomic mass is 9.98. The van der Waals surface area contributed by atoms with E-state index in [-0.39, 0.29) is 18.0 Å². The summed E-state index contributed by atoms with van der Waals surface area (Å²) >= 11 is 0. The molecule has 2 heterocycles. The minimum absolute atomic E-state index is 0.0817. The van der Waals surface area contributed by atoms with Crippen LogP contribution in [0.15, 0.2) is 54.7 Å². The number of benzene rings is 2. The van der Waals surface area contributed by atoms with Gasteiger partial charge in [-0.1, -0.05) is 36.4 Å². The van der Waals surface area contributed by atoms with Gasteiger partial charge < -0.3 is 15.2 Å². The molecule has 0 saturated heterocycles. The van der Waals surface area contributed by atoms with Crippen molar-refractivity contribution in [2.45, 2.75) is 52.2 Å². The Morgan fingerprint density at radius 1 is 1.19 bits per heavy atom. The number of aromatic nitrogens is 3. The van der Waals surface area contributed by atoms with Crippen LogP contribution in [-0.4, -0.2) is 44.7 Å². The van der Waals surface area contributed by atoms with E-state index in [1.54, 1.807) is 7.11 Å². The highest BCUT2D eigenvalue weighted by Gasteiger charge is 2.26. The molecule has 0 amide bonds. The number of aliphatic hydroxyl groups is 1. The Morgan fingerprint density at radius 3 is 2.68 bits per heavy atom. The fraction of sp³-hybridized carbons (Fsp3) is 0.367. The summed E-state index contributed by atoms with van der Waals surface area (Å²) in [5.74, 6) is 0.779. The Labute approximate surface area is 217 Å². The van der Waals surface area contributed by atoms with Crippen LogP contribution in [0.1, 0.15) is 54.6 Å². The average Bonchev–Trinajstić information content (AvgIpc) is 3.61. The Morgan fingerprint density at radius 2 is 1.97 bits per heavy atom. The van der Waals surface area contributed by atoms with Crippen molar-refractivity contribution in [3.8, 4) is 22.5 Å². The number of hydrogen-bond acceptors (Lipinski definition) is 6. The highest BCUT2D eigenvalue weighted by Crippen LogP contribution is 2.35. The molecule has 2 aromatic carbocycles. The largest absolute Gasteiger partial charge is 0.392 e. The number of aryl methyl sites for hydroxylation is 1. The lowest BCUT2D eigenvalue weighted by Gasteiger charge is -2.24. The first-order valence-electron chi connectivity index (χ1n) is 12.8. The fourth-order valence-corrected chi connectivity index (χ4v) is 4.55. The minimum atomic E-state index is -0.376. The maximum Gasteiger partial charge on any atom is 0.177 e. The highest BCUT2D eigenvalue weighted by molar-refractivity contribution is 5.98. The number of anilines is 1. The molecule has 37 heavy (non-hydrogen) atoms. The second-order valence-corrected chi connectivity index (χ2v) is 10.6. The van der Waals surface area contributed by atoms with E-state index in [2.05, 4.69) is 5.32 Å². The first-order valence-corrected chi connectivity index (χ1v) is 12.8. The van der Waals surface area contributed by atoms with Gasteiger partial charge in [0.05, 0.1) is 35.5 Å². The highest BCUT2D eigenvalue weighted by atomic mass is 16.5. The van der Waals surface area contributed by atoms with E-state index in [1.165, 1.54) is 0 Å². The number of ketones is 1. The van der Waals surface area contributed by atoms with Gasteiger partial charge in [0.2, 0.25) is 0 Å². The van der Waals surface area contributed by atoms with E-state index < -0.39 is 0 Å². The van der Waals surface area contributed by atoms with Gasteiger partial charge in [-0.3, -0.25) is 4.79 Å². The van der Waals surface area contributed by atoms with Crippen molar-refractivity contribution >= 4 is 17.1 Å². The molecule has 0 atom stereocenters. The molecule has 192 valence electrons. The number of nitrogens with one attached hydrogen (secondary N) is 1. The standard InChI is InChI=1S/C30H34N4O3/c1-19-13-21(11-12-23(19)28(36)14-20-9-10-20)27-16-31-29-26(32-18-30(2,3)37-4)15-25(33-34(27)29)24-8-6-5-7-22(24)17-35/h5-8,11-13,15-16,20,32,35H,9-10,14,17-18H2,1-4H3. The van der Waals surface area contributed by atoms with Crippen molar-refractivity contribution in [3.05, 3.63) is 71.4 Å². The molecule has 1 aliphatic rings. The molecule has 0 bridgehead atoms. The third-order valence-corrected chi connectivity index (χ3v) is 7.18. The Balaban J connectivity index is 1.60. The monoisotopic (exact) mass is 498 g/mol. The first-order chi connectivity index (χ1) is 17.8. The first kappa shape index (κ1) is 25.1. The molecule has 0 unspecified atom stereocenters. The van der Waals surface area contributed by atoms with E-state index in [0.29, 0.717) is 24.5 Å². The predicted octanol–water partition coefficient (Wildman–Crippen LogP) is 5.68.